The van der Waals surface area contributed by atoms with E-state index < -0.39 is 0 Å². The summed E-state index contributed by atoms with van der Waals surface area (Å²) >= 11 is 4.45. The summed E-state index contributed by atoms with van der Waals surface area (Å²) in [4.78, 5) is 32.1. The predicted molar refractivity (Wildman–Crippen MR) is 162 cm³/mol. The topological polar surface area (TPSA) is 50.3 Å². The van der Waals surface area contributed by atoms with Gasteiger partial charge in [-0.05, 0) is 44.2 Å². The van der Waals surface area contributed by atoms with Crippen molar-refractivity contribution in [1.82, 2.24) is 9.88 Å². The van der Waals surface area contributed by atoms with E-state index in [1.165, 1.54) is 64.2 Å². The lowest BCUT2D eigenvalue weighted by Crippen LogP contribution is -2.41. The molecule has 2 rings (SSSR count). The van der Waals surface area contributed by atoms with Gasteiger partial charge in [-0.25, -0.2) is 0 Å². The molecule has 6 heteroatoms. The van der Waals surface area contributed by atoms with Gasteiger partial charge in [-0.1, -0.05) is 114 Å². The third-order valence-electron chi connectivity index (χ3n) is 7.76. The van der Waals surface area contributed by atoms with Gasteiger partial charge in [0.25, 0.3) is 0 Å². The van der Waals surface area contributed by atoms with E-state index in [9.17, 15) is 9.59 Å². The average Bonchev–Trinajstić information content (AvgIpc) is 2.98. The fraction of sp³-hybridized carbons (Fsp3) is 0.774. The van der Waals surface area contributed by atoms with Gasteiger partial charge in [-0.3, -0.25) is 19.5 Å². The second-order valence-corrected chi connectivity index (χ2v) is 12.3. The van der Waals surface area contributed by atoms with Crippen LogP contribution in [0.4, 0.5) is 0 Å². The van der Waals surface area contributed by atoms with Crippen molar-refractivity contribution in [1.29, 1.82) is 0 Å². The number of rotatable bonds is 19. The average molecular weight is 549 g/mol. The molecule has 0 bridgehead atoms. The van der Waals surface area contributed by atoms with Gasteiger partial charge in [-0.2, -0.15) is 0 Å². The van der Waals surface area contributed by atoms with Gasteiger partial charge in [0, 0.05) is 25.1 Å². The fourth-order valence-electron chi connectivity index (χ4n) is 5.42. The van der Waals surface area contributed by atoms with E-state index in [0.29, 0.717) is 18.2 Å². The van der Waals surface area contributed by atoms with Crippen LogP contribution in [0.25, 0.3) is 0 Å². The van der Waals surface area contributed by atoms with Crippen molar-refractivity contribution in [2.75, 3.05) is 6.54 Å². The quantitative estimate of drug-likeness (QED) is 0.0809. The lowest BCUT2D eigenvalue weighted by molar-refractivity contribution is -0.147. The third-order valence-corrected chi connectivity index (χ3v) is 9.25. The van der Waals surface area contributed by atoms with Gasteiger partial charge in [0.2, 0.25) is 11.8 Å². The van der Waals surface area contributed by atoms with Crippen LogP contribution >= 0.6 is 22.5 Å². The molecule has 2 amide bonds. The normalized spacial score (nSPS) is 17.9. The Morgan fingerprint density at radius 1 is 0.919 bits per heavy atom. The van der Waals surface area contributed by atoms with Crippen LogP contribution in [0.5, 0.6) is 0 Å². The summed E-state index contributed by atoms with van der Waals surface area (Å²) in [5.41, 5.74) is 1.14. The molecular weight excluding hydrogens is 496 g/mol. The predicted octanol–water partition coefficient (Wildman–Crippen LogP) is 9.51. The summed E-state index contributed by atoms with van der Waals surface area (Å²) in [7, 11) is 1.61. The Balaban J connectivity index is 1.56. The second kappa shape index (κ2) is 20.9. The Bertz CT molecular complexity index is 731. The van der Waals surface area contributed by atoms with E-state index >= 15 is 0 Å². The number of imide groups is 1. The van der Waals surface area contributed by atoms with Gasteiger partial charge in [0.15, 0.2) is 0 Å². The molecule has 0 saturated carbocycles. The van der Waals surface area contributed by atoms with Gasteiger partial charge in [0.1, 0.15) is 0 Å². The molecule has 1 aromatic rings. The number of hydrogen-bond acceptors (Lipinski definition) is 5. The van der Waals surface area contributed by atoms with E-state index in [2.05, 4.69) is 35.7 Å². The molecule has 1 aliphatic rings. The first-order valence-corrected chi connectivity index (χ1v) is 17.2. The van der Waals surface area contributed by atoms with Crippen molar-refractivity contribution >= 4 is 34.3 Å². The highest BCUT2D eigenvalue weighted by Gasteiger charge is 2.28. The number of carbonyl (C=O) groups is 2. The molecule has 0 radical (unpaired) electrons. The summed E-state index contributed by atoms with van der Waals surface area (Å²) in [6.07, 6.45) is 24.3. The van der Waals surface area contributed by atoms with Crippen molar-refractivity contribution < 1.29 is 9.59 Å². The number of unbranched alkanes of at least 4 members (excludes halogenated alkanes) is 11. The van der Waals surface area contributed by atoms with Gasteiger partial charge in [0.05, 0.1) is 10.9 Å². The van der Waals surface area contributed by atoms with E-state index in [4.69, 9.17) is 0 Å². The second-order valence-electron chi connectivity index (χ2n) is 10.8. The molecule has 37 heavy (non-hydrogen) atoms. The summed E-state index contributed by atoms with van der Waals surface area (Å²) < 4.78 is 0. The van der Waals surface area contributed by atoms with Crippen molar-refractivity contribution in [3.05, 3.63) is 30.1 Å². The zero-order chi connectivity index (χ0) is 26.6. The molecule has 0 aromatic carbocycles. The number of pyridine rings is 1. The highest BCUT2D eigenvalue weighted by Crippen LogP contribution is 2.35. The SMILES string of the molecule is CCCCCCN1C(=O)CCCCCC(CCCCCCCCCCCC(SS)c2ccccn2)C1=O. The van der Waals surface area contributed by atoms with Crippen molar-refractivity contribution in [3.8, 4) is 0 Å². The Labute approximate surface area is 236 Å². The molecule has 2 unspecified atom stereocenters. The first-order chi connectivity index (χ1) is 18.2. The Kier molecular flexibility index (Phi) is 18.2. The minimum absolute atomic E-state index is 0.0542. The Morgan fingerprint density at radius 2 is 1.62 bits per heavy atom. The fourth-order valence-corrected chi connectivity index (χ4v) is 6.58. The standard InChI is InChI=1S/C31H52N2O2S2/c1-2-3-4-19-26-33-30(34)24-16-12-14-21-27(31(33)35)20-13-10-8-6-5-7-9-11-15-23-29(37-36)28-22-17-18-25-32-28/h17-18,22,25,27,29,36H,2-16,19-21,23-24,26H2,1H3. The van der Waals surface area contributed by atoms with Crippen molar-refractivity contribution in [3.63, 3.8) is 0 Å². The summed E-state index contributed by atoms with van der Waals surface area (Å²) in [5, 5.41) is 0.393. The maximum Gasteiger partial charge on any atom is 0.232 e. The maximum absolute atomic E-state index is 13.3. The minimum Gasteiger partial charge on any atom is -0.282 e. The molecule has 0 spiro atoms. The molecule has 210 valence electrons. The number of nitrogens with zero attached hydrogens (tertiary/aromatic N) is 2. The molecule has 4 nitrogen and oxygen atoms in total. The molecule has 1 aromatic heterocycles. The third kappa shape index (κ3) is 13.6. The Hall–Kier alpha value is -1.01. The van der Waals surface area contributed by atoms with Crippen LogP contribution in [0.3, 0.4) is 0 Å². The largest absolute Gasteiger partial charge is 0.282 e. The zero-order valence-electron chi connectivity index (χ0n) is 23.4. The van der Waals surface area contributed by atoms with Crippen molar-refractivity contribution in [2.45, 2.75) is 141 Å². The lowest BCUT2D eigenvalue weighted by Gasteiger charge is -2.25. The number of thiol groups is 1. The summed E-state index contributed by atoms with van der Waals surface area (Å²) in [5.74, 6) is 0.258. The lowest BCUT2D eigenvalue weighted by atomic mass is 9.93. The van der Waals surface area contributed by atoms with Crippen molar-refractivity contribution in [2.24, 2.45) is 5.92 Å². The first kappa shape index (κ1) is 32.2. The Morgan fingerprint density at radius 3 is 2.30 bits per heavy atom. The highest BCUT2D eigenvalue weighted by atomic mass is 33.1. The van der Waals surface area contributed by atoms with Gasteiger partial charge >= 0.3 is 0 Å². The molecule has 1 fully saturated rings. The van der Waals surface area contributed by atoms with E-state index in [-0.39, 0.29) is 17.7 Å². The smallest absolute Gasteiger partial charge is 0.232 e. The number of hydrogen-bond donors (Lipinski definition) is 1. The van der Waals surface area contributed by atoms with Crippen LogP contribution in [-0.2, 0) is 9.59 Å². The monoisotopic (exact) mass is 548 g/mol. The number of aromatic nitrogens is 1. The van der Waals surface area contributed by atoms with E-state index in [0.717, 1.165) is 63.5 Å². The van der Waals surface area contributed by atoms with Crippen LogP contribution in [-0.4, -0.2) is 28.2 Å². The van der Waals surface area contributed by atoms with Crippen LogP contribution in [0.2, 0.25) is 0 Å². The van der Waals surface area contributed by atoms with Gasteiger partial charge in [-0.15, -0.1) is 11.7 Å². The molecule has 1 aliphatic heterocycles. The van der Waals surface area contributed by atoms with Crippen LogP contribution in [0, 0.1) is 5.92 Å². The number of amides is 2. The summed E-state index contributed by atoms with van der Waals surface area (Å²) in [6.45, 7) is 2.82. The van der Waals surface area contributed by atoms with E-state index in [1.807, 2.05) is 12.3 Å². The van der Waals surface area contributed by atoms with Gasteiger partial charge < -0.3 is 0 Å². The molecular formula is C31H52N2O2S2. The van der Waals surface area contributed by atoms with Crippen LogP contribution in [0.15, 0.2) is 24.4 Å². The summed E-state index contributed by atoms with van der Waals surface area (Å²) in [6, 6.07) is 6.13. The maximum atomic E-state index is 13.3. The first-order valence-electron chi connectivity index (χ1n) is 15.2. The molecule has 0 N–H and O–H groups in total. The highest BCUT2D eigenvalue weighted by molar-refractivity contribution is 8.68. The number of carbonyl (C=O) groups excluding carboxylic acids is 2. The van der Waals surface area contributed by atoms with Crippen LogP contribution in [0.1, 0.15) is 146 Å². The molecule has 2 atom stereocenters. The zero-order valence-corrected chi connectivity index (χ0v) is 25.1. The molecule has 0 aliphatic carbocycles. The molecule has 2 heterocycles. The molecule has 1 saturated heterocycles. The minimum atomic E-state index is 0.0542. The van der Waals surface area contributed by atoms with Crippen LogP contribution < -0.4 is 0 Å². The van der Waals surface area contributed by atoms with E-state index in [1.54, 1.807) is 15.7 Å².